The average molecular weight is 209 g/mol. The molecule has 0 bridgehead atoms. The first kappa shape index (κ1) is 10.6. The summed E-state index contributed by atoms with van der Waals surface area (Å²) in [5.74, 6) is 1.59. The molecule has 0 amide bonds. The summed E-state index contributed by atoms with van der Waals surface area (Å²) in [5.41, 5.74) is 0.201. The Labute approximate surface area is 90.4 Å². The zero-order valence-corrected chi connectivity index (χ0v) is 9.71. The molecule has 1 aliphatic rings. The van der Waals surface area contributed by atoms with Gasteiger partial charge in [-0.1, -0.05) is 19.0 Å². The highest BCUT2D eigenvalue weighted by Crippen LogP contribution is 2.46. The molecule has 1 N–H and O–H groups in total. The lowest BCUT2D eigenvalue weighted by Crippen LogP contribution is -2.19. The van der Waals surface area contributed by atoms with Gasteiger partial charge in [-0.3, -0.25) is 0 Å². The van der Waals surface area contributed by atoms with E-state index in [2.05, 4.69) is 36.2 Å². The van der Waals surface area contributed by atoms with Crippen molar-refractivity contribution in [3.63, 3.8) is 0 Å². The third-order valence-corrected chi connectivity index (χ3v) is 3.05. The Bertz CT molecular complexity index is 330. The van der Waals surface area contributed by atoms with E-state index in [-0.39, 0.29) is 11.5 Å². The Balaban J connectivity index is 2.00. The van der Waals surface area contributed by atoms with Gasteiger partial charge in [0.2, 0.25) is 5.89 Å². The molecule has 84 valence electrons. The summed E-state index contributed by atoms with van der Waals surface area (Å²) in [6, 6.07) is 0.161. The Hall–Kier alpha value is -0.900. The van der Waals surface area contributed by atoms with Gasteiger partial charge in [0.15, 0.2) is 5.82 Å². The average Bonchev–Trinajstić information content (AvgIpc) is 2.82. The van der Waals surface area contributed by atoms with Crippen LogP contribution in [0.3, 0.4) is 0 Å². The van der Waals surface area contributed by atoms with Crippen LogP contribution in [-0.4, -0.2) is 16.7 Å². The van der Waals surface area contributed by atoms with Crippen LogP contribution in [0.1, 0.15) is 57.8 Å². The van der Waals surface area contributed by atoms with Crippen molar-refractivity contribution in [1.29, 1.82) is 0 Å². The molecule has 2 rings (SSSR count). The first-order valence-corrected chi connectivity index (χ1v) is 5.73. The van der Waals surface area contributed by atoms with Crippen molar-refractivity contribution < 1.29 is 4.52 Å². The number of hydrogen-bond donors (Lipinski definition) is 1. The fraction of sp³-hybridized carbons (Fsp3) is 0.818. The monoisotopic (exact) mass is 209 g/mol. The molecule has 4 nitrogen and oxygen atoms in total. The molecule has 4 heteroatoms. The van der Waals surface area contributed by atoms with Gasteiger partial charge >= 0.3 is 0 Å². The molecule has 1 aromatic heterocycles. The Morgan fingerprint density at radius 3 is 2.87 bits per heavy atom. The summed E-state index contributed by atoms with van der Waals surface area (Å²) in [6.45, 7) is 7.37. The summed E-state index contributed by atoms with van der Waals surface area (Å²) in [6.07, 6.45) is 3.48. The summed E-state index contributed by atoms with van der Waals surface area (Å²) in [7, 11) is 0. The predicted molar refractivity (Wildman–Crippen MR) is 57.6 cm³/mol. The third-order valence-electron chi connectivity index (χ3n) is 3.05. The minimum Gasteiger partial charge on any atom is -0.338 e. The molecule has 1 atom stereocenters. The van der Waals surface area contributed by atoms with Crippen molar-refractivity contribution in [3.05, 3.63) is 11.7 Å². The molecular weight excluding hydrogens is 190 g/mol. The molecule has 15 heavy (non-hydrogen) atoms. The van der Waals surface area contributed by atoms with Crippen LogP contribution in [0.4, 0.5) is 0 Å². The number of rotatable bonds is 5. The highest BCUT2D eigenvalue weighted by molar-refractivity contribution is 5.14. The molecule has 0 aliphatic heterocycles. The standard InChI is InChI=1S/C11H19N3O/c1-4-7-12-8(2)9-13-10(14-15-9)11(3)5-6-11/h8,12H,4-7H2,1-3H3. The van der Waals surface area contributed by atoms with Gasteiger partial charge in [-0.05, 0) is 32.7 Å². The fourth-order valence-corrected chi connectivity index (χ4v) is 1.52. The second kappa shape index (κ2) is 3.93. The summed E-state index contributed by atoms with van der Waals surface area (Å²) in [5, 5.41) is 7.39. The van der Waals surface area contributed by atoms with Gasteiger partial charge in [-0.2, -0.15) is 4.98 Å². The van der Waals surface area contributed by atoms with E-state index in [0.717, 1.165) is 18.8 Å². The van der Waals surface area contributed by atoms with E-state index in [0.29, 0.717) is 5.89 Å². The topological polar surface area (TPSA) is 51.0 Å². The van der Waals surface area contributed by atoms with Crippen molar-refractivity contribution in [2.24, 2.45) is 0 Å². The van der Waals surface area contributed by atoms with E-state index in [9.17, 15) is 0 Å². The number of hydrogen-bond acceptors (Lipinski definition) is 4. The maximum atomic E-state index is 5.27. The van der Waals surface area contributed by atoms with E-state index in [4.69, 9.17) is 4.52 Å². The van der Waals surface area contributed by atoms with Gasteiger partial charge in [0.05, 0.1) is 6.04 Å². The van der Waals surface area contributed by atoms with E-state index in [1.165, 1.54) is 12.8 Å². The first-order chi connectivity index (χ1) is 7.15. The number of aromatic nitrogens is 2. The summed E-state index contributed by atoms with van der Waals surface area (Å²) in [4.78, 5) is 4.46. The molecule has 0 radical (unpaired) electrons. The van der Waals surface area contributed by atoms with Crippen LogP contribution in [-0.2, 0) is 5.41 Å². The van der Waals surface area contributed by atoms with E-state index >= 15 is 0 Å². The van der Waals surface area contributed by atoms with Crippen LogP contribution in [0.25, 0.3) is 0 Å². The Morgan fingerprint density at radius 1 is 1.53 bits per heavy atom. The van der Waals surface area contributed by atoms with Gasteiger partial charge < -0.3 is 9.84 Å². The molecule has 1 aliphatic carbocycles. The Kier molecular flexibility index (Phi) is 2.78. The van der Waals surface area contributed by atoms with Crippen molar-refractivity contribution in [2.75, 3.05) is 6.54 Å². The molecular formula is C11H19N3O. The summed E-state index contributed by atoms with van der Waals surface area (Å²) < 4.78 is 5.27. The third kappa shape index (κ3) is 2.20. The molecule has 0 saturated heterocycles. The molecule has 1 saturated carbocycles. The second-order valence-corrected chi connectivity index (χ2v) is 4.69. The van der Waals surface area contributed by atoms with Crippen molar-refractivity contribution in [3.8, 4) is 0 Å². The van der Waals surface area contributed by atoms with E-state index in [1.54, 1.807) is 0 Å². The fourth-order valence-electron chi connectivity index (χ4n) is 1.52. The second-order valence-electron chi connectivity index (χ2n) is 4.69. The number of nitrogens with zero attached hydrogens (tertiary/aromatic N) is 2. The highest BCUT2D eigenvalue weighted by atomic mass is 16.5. The van der Waals surface area contributed by atoms with E-state index < -0.39 is 0 Å². The zero-order chi connectivity index (χ0) is 10.9. The van der Waals surface area contributed by atoms with Crippen LogP contribution < -0.4 is 5.32 Å². The molecule has 1 fully saturated rings. The van der Waals surface area contributed by atoms with Gasteiger partial charge in [0.1, 0.15) is 0 Å². The molecule has 1 heterocycles. The van der Waals surface area contributed by atoms with Crippen molar-refractivity contribution >= 4 is 0 Å². The van der Waals surface area contributed by atoms with Gasteiger partial charge in [-0.25, -0.2) is 0 Å². The maximum absolute atomic E-state index is 5.27. The first-order valence-electron chi connectivity index (χ1n) is 5.73. The van der Waals surface area contributed by atoms with Crippen LogP contribution in [0.15, 0.2) is 4.52 Å². The van der Waals surface area contributed by atoms with Gasteiger partial charge in [-0.15, -0.1) is 0 Å². The van der Waals surface area contributed by atoms with Crippen LogP contribution in [0, 0.1) is 0 Å². The summed E-state index contributed by atoms with van der Waals surface area (Å²) >= 11 is 0. The predicted octanol–water partition coefficient (Wildman–Crippen LogP) is 2.18. The van der Waals surface area contributed by atoms with Crippen molar-refractivity contribution in [1.82, 2.24) is 15.5 Å². The van der Waals surface area contributed by atoms with Crippen LogP contribution in [0.2, 0.25) is 0 Å². The van der Waals surface area contributed by atoms with Crippen LogP contribution >= 0.6 is 0 Å². The molecule has 0 aromatic carbocycles. The lowest BCUT2D eigenvalue weighted by Gasteiger charge is -2.07. The minimum absolute atomic E-state index is 0.161. The maximum Gasteiger partial charge on any atom is 0.243 e. The highest BCUT2D eigenvalue weighted by Gasteiger charge is 2.43. The van der Waals surface area contributed by atoms with Crippen molar-refractivity contribution in [2.45, 2.75) is 51.5 Å². The molecule has 1 aromatic rings. The van der Waals surface area contributed by atoms with Gasteiger partial charge in [0, 0.05) is 5.41 Å². The molecule has 0 spiro atoms. The number of nitrogens with one attached hydrogen (secondary N) is 1. The van der Waals surface area contributed by atoms with Crippen LogP contribution in [0.5, 0.6) is 0 Å². The lowest BCUT2D eigenvalue weighted by atomic mass is 10.1. The largest absolute Gasteiger partial charge is 0.338 e. The normalized spacial score (nSPS) is 20.2. The SMILES string of the molecule is CCCNC(C)c1nc(C2(C)CC2)no1. The minimum atomic E-state index is 0.161. The molecule has 1 unspecified atom stereocenters. The lowest BCUT2D eigenvalue weighted by molar-refractivity contribution is 0.334. The Morgan fingerprint density at radius 2 is 2.27 bits per heavy atom. The van der Waals surface area contributed by atoms with E-state index in [1.807, 2.05) is 0 Å². The van der Waals surface area contributed by atoms with Gasteiger partial charge in [0.25, 0.3) is 0 Å². The zero-order valence-electron chi connectivity index (χ0n) is 9.71. The smallest absolute Gasteiger partial charge is 0.243 e. The quantitative estimate of drug-likeness (QED) is 0.807.